The number of halogens is 3. The second-order valence-electron chi connectivity index (χ2n) is 3.72. The number of nitrogens with zero attached hydrogens (tertiary/aromatic N) is 1. The van der Waals surface area contributed by atoms with Gasteiger partial charge >= 0.3 is 6.18 Å². The fourth-order valence-corrected chi connectivity index (χ4v) is 1.85. The maximum atomic E-state index is 12.5. The molecule has 3 nitrogen and oxygen atoms in total. The maximum absolute atomic E-state index is 12.5. The number of hydrogen-bond acceptors (Lipinski definition) is 3. The van der Waals surface area contributed by atoms with E-state index in [-0.39, 0.29) is 0 Å². The van der Waals surface area contributed by atoms with Crippen LogP contribution in [0.2, 0.25) is 0 Å². The molecule has 17 heavy (non-hydrogen) atoms. The summed E-state index contributed by atoms with van der Waals surface area (Å²) in [5.41, 5.74) is 1.08. The van der Waals surface area contributed by atoms with Crippen molar-refractivity contribution >= 4 is 5.84 Å². The van der Waals surface area contributed by atoms with Crippen LogP contribution in [-0.4, -0.2) is 18.1 Å². The van der Waals surface area contributed by atoms with Gasteiger partial charge in [-0.15, -0.1) is 0 Å². The number of ether oxygens (including phenoxy) is 1. The van der Waals surface area contributed by atoms with Gasteiger partial charge in [0, 0.05) is 5.57 Å². The number of alkyl halides is 3. The van der Waals surface area contributed by atoms with E-state index < -0.39 is 18.1 Å². The van der Waals surface area contributed by atoms with Crippen LogP contribution in [0.3, 0.4) is 0 Å². The van der Waals surface area contributed by atoms with Crippen molar-refractivity contribution in [1.82, 2.24) is 5.32 Å². The average Bonchev–Trinajstić information content (AvgIpc) is 2.72. The van der Waals surface area contributed by atoms with Crippen LogP contribution in [0.5, 0.6) is 0 Å². The predicted molar refractivity (Wildman–Crippen MR) is 54.9 cm³/mol. The molecular formula is C11H7F3N2O. The Kier molecular flexibility index (Phi) is 1.95. The summed E-state index contributed by atoms with van der Waals surface area (Å²) in [5.74, 6) is -0.572. The number of rotatable bonds is 0. The molecule has 0 amide bonds. The molecule has 88 valence electrons. The molecule has 0 radical (unpaired) electrons. The van der Waals surface area contributed by atoms with E-state index in [2.05, 4.69) is 10.3 Å². The SMILES string of the molecule is FC(F)(F)C1=NC2C=CC3=CC=COC3=C2N1. The molecule has 0 saturated heterocycles. The van der Waals surface area contributed by atoms with E-state index in [0.717, 1.165) is 5.57 Å². The molecular weight excluding hydrogens is 233 g/mol. The van der Waals surface area contributed by atoms with Gasteiger partial charge in [0.1, 0.15) is 6.04 Å². The molecule has 0 fully saturated rings. The minimum absolute atomic E-state index is 0.343. The summed E-state index contributed by atoms with van der Waals surface area (Å²) in [6, 6.07) is -0.634. The number of aliphatic imine (C=N–C) groups is 1. The Balaban J connectivity index is 2.01. The molecule has 0 spiro atoms. The summed E-state index contributed by atoms with van der Waals surface area (Å²) in [6.07, 6.45) is 3.73. The van der Waals surface area contributed by atoms with Crippen molar-refractivity contribution in [3.05, 3.63) is 47.6 Å². The van der Waals surface area contributed by atoms with Gasteiger partial charge in [0.25, 0.3) is 0 Å². The first kappa shape index (κ1) is 10.2. The lowest BCUT2D eigenvalue weighted by atomic mass is 10.0. The number of amidine groups is 1. The Morgan fingerprint density at radius 1 is 1.35 bits per heavy atom. The van der Waals surface area contributed by atoms with Crippen molar-refractivity contribution in [3.8, 4) is 0 Å². The van der Waals surface area contributed by atoms with Crippen LogP contribution >= 0.6 is 0 Å². The highest BCUT2D eigenvalue weighted by molar-refractivity contribution is 5.92. The van der Waals surface area contributed by atoms with Crippen LogP contribution in [0.25, 0.3) is 0 Å². The Labute approximate surface area is 94.7 Å². The van der Waals surface area contributed by atoms with Crippen molar-refractivity contribution in [3.63, 3.8) is 0 Å². The van der Waals surface area contributed by atoms with Gasteiger partial charge < -0.3 is 10.1 Å². The molecule has 1 unspecified atom stereocenters. The highest BCUT2D eigenvalue weighted by Crippen LogP contribution is 2.33. The molecule has 2 aliphatic heterocycles. The van der Waals surface area contributed by atoms with Gasteiger partial charge in [-0.3, -0.25) is 4.99 Å². The summed E-state index contributed by atoms with van der Waals surface area (Å²) in [6.45, 7) is 0. The van der Waals surface area contributed by atoms with Crippen molar-refractivity contribution in [2.75, 3.05) is 0 Å². The fourth-order valence-electron chi connectivity index (χ4n) is 1.85. The first-order chi connectivity index (χ1) is 8.05. The Morgan fingerprint density at radius 3 is 2.94 bits per heavy atom. The fraction of sp³-hybridized carbons (Fsp3) is 0.182. The summed E-state index contributed by atoms with van der Waals surface area (Å²) < 4.78 is 42.8. The number of fused-ring (bicyclic) bond motifs is 2. The third-order valence-electron chi connectivity index (χ3n) is 2.59. The minimum atomic E-state index is -4.47. The molecule has 0 bridgehead atoms. The smallest absolute Gasteiger partial charge is 0.449 e. The lowest BCUT2D eigenvalue weighted by molar-refractivity contribution is -0.0609. The quantitative estimate of drug-likeness (QED) is 0.704. The normalized spacial score (nSPS) is 25.7. The van der Waals surface area contributed by atoms with Crippen LogP contribution in [0.15, 0.2) is 52.6 Å². The van der Waals surface area contributed by atoms with Gasteiger partial charge in [-0.05, 0) is 12.2 Å². The molecule has 0 saturated carbocycles. The van der Waals surface area contributed by atoms with Crippen molar-refractivity contribution in [1.29, 1.82) is 0 Å². The number of allylic oxidation sites excluding steroid dienone is 3. The highest BCUT2D eigenvalue weighted by atomic mass is 19.4. The second-order valence-corrected chi connectivity index (χ2v) is 3.72. The maximum Gasteiger partial charge on any atom is 0.449 e. The van der Waals surface area contributed by atoms with Crippen molar-refractivity contribution in [2.45, 2.75) is 12.2 Å². The third-order valence-corrected chi connectivity index (χ3v) is 2.59. The van der Waals surface area contributed by atoms with E-state index in [0.29, 0.717) is 11.5 Å². The third kappa shape index (κ3) is 1.56. The molecule has 3 rings (SSSR count). The van der Waals surface area contributed by atoms with Gasteiger partial charge in [-0.1, -0.05) is 12.2 Å². The summed E-state index contributed by atoms with van der Waals surface area (Å²) in [7, 11) is 0. The lowest BCUT2D eigenvalue weighted by Gasteiger charge is -2.20. The van der Waals surface area contributed by atoms with E-state index in [1.54, 1.807) is 24.3 Å². The molecule has 0 aromatic rings. The molecule has 2 heterocycles. The molecule has 1 atom stereocenters. The zero-order valence-electron chi connectivity index (χ0n) is 8.45. The van der Waals surface area contributed by atoms with Crippen molar-refractivity contribution in [2.24, 2.45) is 4.99 Å². The van der Waals surface area contributed by atoms with Gasteiger partial charge in [-0.25, -0.2) is 0 Å². The molecule has 6 heteroatoms. The standard InChI is InChI=1S/C11H7F3N2O/c12-11(13,14)10-15-7-4-3-6-2-1-5-17-9(6)8(7)16-10/h1-5,7H,(H,15,16). The summed E-state index contributed by atoms with van der Waals surface area (Å²) >= 11 is 0. The number of nitrogens with one attached hydrogen (secondary N) is 1. The van der Waals surface area contributed by atoms with Crippen LogP contribution in [0.1, 0.15) is 0 Å². The van der Waals surface area contributed by atoms with Gasteiger partial charge in [0.2, 0.25) is 5.84 Å². The first-order valence-electron chi connectivity index (χ1n) is 4.94. The van der Waals surface area contributed by atoms with Crippen LogP contribution in [0.4, 0.5) is 13.2 Å². The monoisotopic (exact) mass is 240 g/mol. The molecule has 0 aromatic carbocycles. The Morgan fingerprint density at radius 2 is 2.18 bits per heavy atom. The Bertz CT molecular complexity index is 523. The van der Waals surface area contributed by atoms with Crippen LogP contribution in [-0.2, 0) is 4.74 Å². The molecule has 1 N–H and O–H groups in total. The van der Waals surface area contributed by atoms with Crippen LogP contribution in [0, 0.1) is 0 Å². The van der Waals surface area contributed by atoms with Crippen LogP contribution < -0.4 is 5.32 Å². The van der Waals surface area contributed by atoms with Gasteiger partial charge in [-0.2, -0.15) is 13.2 Å². The van der Waals surface area contributed by atoms with E-state index in [1.807, 2.05) is 0 Å². The largest absolute Gasteiger partial charge is 0.462 e. The molecule has 1 aliphatic carbocycles. The van der Waals surface area contributed by atoms with E-state index >= 15 is 0 Å². The number of hydrogen-bond donors (Lipinski definition) is 1. The van der Waals surface area contributed by atoms with E-state index in [1.165, 1.54) is 6.26 Å². The van der Waals surface area contributed by atoms with E-state index in [9.17, 15) is 13.2 Å². The summed E-state index contributed by atoms with van der Waals surface area (Å²) in [4.78, 5) is 3.58. The molecule has 0 aromatic heterocycles. The topological polar surface area (TPSA) is 33.6 Å². The zero-order valence-corrected chi connectivity index (χ0v) is 8.45. The first-order valence-corrected chi connectivity index (χ1v) is 4.94. The zero-order chi connectivity index (χ0) is 12.0. The van der Waals surface area contributed by atoms with Gasteiger partial charge in [0.15, 0.2) is 5.76 Å². The predicted octanol–water partition coefficient (Wildman–Crippen LogP) is 2.17. The molecule has 3 aliphatic rings. The Hall–Kier alpha value is -1.98. The average molecular weight is 240 g/mol. The lowest BCUT2D eigenvalue weighted by Crippen LogP contribution is -2.33. The highest BCUT2D eigenvalue weighted by Gasteiger charge is 2.43. The van der Waals surface area contributed by atoms with E-state index in [4.69, 9.17) is 4.74 Å². The summed E-state index contributed by atoms with van der Waals surface area (Å²) in [5, 5.41) is 2.29. The van der Waals surface area contributed by atoms with Crippen molar-refractivity contribution < 1.29 is 17.9 Å². The minimum Gasteiger partial charge on any atom is -0.462 e. The second kappa shape index (κ2) is 3.26. The van der Waals surface area contributed by atoms with Gasteiger partial charge in [0.05, 0.1) is 12.0 Å².